The van der Waals surface area contributed by atoms with Gasteiger partial charge in [-0.3, -0.25) is 4.79 Å². The molecular formula is C24H24N6O3. The van der Waals surface area contributed by atoms with Crippen molar-refractivity contribution in [3.8, 4) is 5.75 Å². The summed E-state index contributed by atoms with van der Waals surface area (Å²) in [7, 11) is 3.53. The molecule has 0 bridgehead atoms. The molecule has 0 aliphatic carbocycles. The minimum atomic E-state index is -0.323. The van der Waals surface area contributed by atoms with Crippen LogP contribution in [0.15, 0.2) is 60.9 Å². The lowest BCUT2D eigenvalue weighted by molar-refractivity contribution is -0.0249. The van der Waals surface area contributed by atoms with Gasteiger partial charge in [-0.25, -0.2) is 15.0 Å². The van der Waals surface area contributed by atoms with Crippen molar-refractivity contribution >= 4 is 28.6 Å². The summed E-state index contributed by atoms with van der Waals surface area (Å²) in [5, 5.41) is 4.09. The molecule has 168 valence electrons. The molecule has 3 aromatic heterocycles. The number of amides is 1. The van der Waals surface area contributed by atoms with Crippen LogP contribution in [0.1, 0.15) is 22.3 Å². The Kier molecular flexibility index (Phi) is 5.62. The summed E-state index contributed by atoms with van der Waals surface area (Å²) in [5.41, 5.74) is 2.32. The van der Waals surface area contributed by atoms with E-state index in [1.807, 2.05) is 59.0 Å². The Hall–Kier alpha value is -3.98. The standard InChI is InChI=1S/C24H24N6O3/c1-29-19-14-17(32-2)8-7-16(19)13-20(29)23(31)30-11-12-33-21(15-30)18-5-3-6-22(27-18)28-24-25-9-4-10-26-24/h3-10,13-14,21H,11-12,15H2,1-2H3,(H,25,26,27,28)/t21-/m0/s1. The molecule has 1 aliphatic heterocycles. The van der Waals surface area contributed by atoms with Crippen molar-refractivity contribution in [3.05, 3.63) is 72.3 Å². The molecule has 0 unspecified atom stereocenters. The van der Waals surface area contributed by atoms with Gasteiger partial charge in [-0.1, -0.05) is 6.07 Å². The first-order chi connectivity index (χ1) is 16.1. The van der Waals surface area contributed by atoms with Gasteiger partial charge in [0.05, 0.1) is 31.5 Å². The molecule has 4 heterocycles. The molecule has 0 saturated carbocycles. The van der Waals surface area contributed by atoms with Gasteiger partial charge in [-0.2, -0.15) is 0 Å². The van der Waals surface area contributed by atoms with Gasteiger partial charge >= 0.3 is 0 Å². The van der Waals surface area contributed by atoms with Crippen LogP contribution in [0, 0.1) is 0 Å². The number of nitrogens with zero attached hydrogens (tertiary/aromatic N) is 5. The quantitative estimate of drug-likeness (QED) is 0.505. The Labute approximate surface area is 191 Å². The van der Waals surface area contributed by atoms with Crippen LogP contribution in [-0.4, -0.2) is 57.1 Å². The van der Waals surface area contributed by atoms with Crippen molar-refractivity contribution in [3.63, 3.8) is 0 Å². The zero-order valence-electron chi connectivity index (χ0n) is 18.4. The number of aromatic nitrogens is 4. The summed E-state index contributed by atoms with van der Waals surface area (Å²) < 4.78 is 13.2. The molecule has 0 spiro atoms. The average Bonchev–Trinajstić information content (AvgIpc) is 3.20. The Morgan fingerprint density at radius 3 is 2.82 bits per heavy atom. The summed E-state index contributed by atoms with van der Waals surface area (Å²) in [4.78, 5) is 28.2. The predicted molar refractivity (Wildman–Crippen MR) is 124 cm³/mol. The number of morpholine rings is 1. The summed E-state index contributed by atoms with van der Waals surface area (Å²) in [6.07, 6.45) is 3.00. The van der Waals surface area contributed by atoms with Gasteiger partial charge < -0.3 is 24.3 Å². The molecule has 5 rings (SSSR count). The second-order valence-corrected chi connectivity index (χ2v) is 7.77. The van der Waals surface area contributed by atoms with Crippen LogP contribution < -0.4 is 10.1 Å². The minimum absolute atomic E-state index is 0.0343. The third kappa shape index (κ3) is 4.22. The highest BCUT2D eigenvalue weighted by molar-refractivity contribution is 5.99. The number of fused-ring (bicyclic) bond motifs is 1. The maximum atomic E-state index is 13.4. The molecule has 1 atom stereocenters. The highest BCUT2D eigenvalue weighted by atomic mass is 16.5. The fourth-order valence-electron chi connectivity index (χ4n) is 4.00. The normalized spacial score (nSPS) is 16.1. The van der Waals surface area contributed by atoms with E-state index in [2.05, 4.69) is 20.3 Å². The van der Waals surface area contributed by atoms with Crippen molar-refractivity contribution < 1.29 is 14.3 Å². The average molecular weight is 444 g/mol. The van der Waals surface area contributed by atoms with Crippen molar-refractivity contribution in [2.75, 3.05) is 32.1 Å². The molecule has 1 N–H and O–H groups in total. The van der Waals surface area contributed by atoms with E-state index >= 15 is 0 Å². The molecule has 9 heteroatoms. The third-order valence-corrected chi connectivity index (χ3v) is 5.73. The number of hydrogen-bond donors (Lipinski definition) is 1. The maximum absolute atomic E-state index is 13.4. The van der Waals surface area contributed by atoms with E-state index in [9.17, 15) is 4.79 Å². The summed E-state index contributed by atoms with van der Waals surface area (Å²) >= 11 is 0. The lowest BCUT2D eigenvalue weighted by atomic mass is 10.1. The molecule has 1 fully saturated rings. The molecule has 1 amide bonds. The van der Waals surface area contributed by atoms with Crippen LogP contribution in [0.3, 0.4) is 0 Å². The van der Waals surface area contributed by atoms with Crippen molar-refractivity contribution in [2.24, 2.45) is 7.05 Å². The Balaban J connectivity index is 1.35. The number of methoxy groups -OCH3 is 1. The lowest BCUT2D eigenvalue weighted by Gasteiger charge is -2.32. The number of carbonyl (C=O) groups excluding carboxylic acids is 1. The molecule has 33 heavy (non-hydrogen) atoms. The van der Waals surface area contributed by atoms with Gasteiger partial charge in [0.15, 0.2) is 0 Å². The van der Waals surface area contributed by atoms with Gasteiger partial charge in [-0.15, -0.1) is 0 Å². The first-order valence-corrected chi connectivity index (χ1v) is 10.7. The van der Waals surface area contributed by atoms with E-state index in [4.69, 9.17) is 9.47 Å². The fourth-order valence-corrected chi connectivity index (χ4v) is 4.00. The van der Waals surface area contributed by atoms with Crippen LogP contribution >= 0.6 is 0 Å². The summed E-state index contributed by atoms with van der Waals surface area (Å²) in [6, 6.07) is 15.1. The smallest absolute Gasteiger partial charge is 0.270 e. The third-order valence-electron chi connectivity index (χ3n) is 5.73. The Morgan fingerprint density at radius 2 is 2.00 bits per heavy atom. The van der Waals surface area contributed by atoms with E-state index in [1.54, 1.807) is 25.6 Å². The van der Waals surface area contributed by atoms with Crippen molar-refractivity contribution in [1.29, 1.82) is 0 Å². The number of nitrogens with one attached hydrogen (secondary N) is 1. The van der Waals surface area contributed by atoms with Crippen molar-refractivity contribution in [2.45, 2.75) is 6.10 Å². The molecule has 9 nitrogen and oxygen atoms in total. The highest BCUT2D eigenvalue weighted by Crippen LogP contribution is 2.27. The largest absolute Gasteiger partial charge is 0.497 e. The number of anilines is 2. The van der Waals surface area contributed by atoms with E-state index in [1.165, 1.54) is 0 Å². The molecular weight excluding hydrogens is 420 g/mol. The van der Waals surface area contributed by atoms with Crippen LogP contribution in [0.25, 0.3) is 10.9 Å². The van der Waals surface area contributed by atoms with Crippen LogP contribution in [0.4, 0.5) is 11.8 Å². The van der Waals surface area contributed by atoms with E-state index < -0.39 is 0 Å². The van der Waals surface area contributed by atoms with Gasteiger partial charge in [-0.05, 0) is 36.4 Å². The number of hydrogen-bond acceptors (Lipinski definition) is 7. The lowest BCUT2D eigenvalue weighted by Crippen LogP contribution is -2.43. The molecule has 1 aliphatic rings. The van der Waals surface area contributed by atoms with E-state index in [-0.39, 0.29) is 12.0 Å². The number of pyridine rings is 1. The van der Waals surface area contributed by atoms with Crippen LogP contribution in [0.2, 0.25) is 0 Å². The van der Waals surface area contributed by atoms with Gasteiger partial charge in [0, 0.05) is 37.4 Å². The molecule has 1 aromatic carbocycles. The SMILES string of the molecule is COc1ccc2cc(C(=O)N3CCO[C@H](c4cccc(Nc5ncccn5)n4)C3)n(C)c2c1. The predicted octanol–water partition coefficient (Wildman–Crippen LogP) is 3.33. The number of rotatable bonds is 5. The Morgan fingerprint density at radius 1 is 1.15 bits per heavy atom. The van der Waals surface area contributed by atoms with Gasteiger partial charge in [0.25, 0.3) is 5.91 Å². The van der Waals surface area contributed by atoms with Crippen LogP contribution in [-0.2, 0) is 11.8 Å². The maximum Gasteiger partial charge on any atom is 0.270 e. The molecule has 1 saturated heterocycles. The van der Waals surface area contributed by atoms with Gasteiger partial charge in [0.1, 0.15) is 23.4 Å². The number of ether oxygens (including phenoxy) is 2. The zero-order valence-corrected chi connectivity index (χ0v) is 18.4. The number of carbonyl (C=O) groups is 1. The monoisotopic (exact) mass is 444 g/mol. The number of aryl methyl sites for hydroxylation is 1. The molecule has 4 aromatic rings. The topological polar surface area (TPSA) is 94.4 Å². The fraction of sp³-hybridized carbons (Fsp3) is 0.250. The first kappa shape index (κ1) is 20.9. The van der Waals surface area contributed by atoms with Crippen LogP contribution in [0.5, 0.6) is 5.75 Å². The second kappa shape index (κ2) is 8.87. The number of benzene rings is 1. The molecule has 0 radical (unpaired) electrons. The first-order valence-electron chi connectivity index (χ1n) is 10.7. The zero-order chi connectivity index (χ0) is 22.8. The van der Waals surface area contributed by atoms with Gasteiger partial charge in [0.2, 0.25) is 5.95 Å². The second-order valence-electron chi connectivity index (χ2n) is 7.77. The summed E-state index contributed by atoms with van der Waals surface area (Å²) in [6.45, 7) is 1.38. The van der Waals surface area contributed by atoms with Crippen molar-refractivity contribution in [1.82, 2.24) is 24.4 Å². The van der Waals surface area contributed by atoms with E-state index in [0.717, 1.165) is 22.3 Å². The summed E-state index contributed by atoms with van der Waals surface area (Å²) in [5.74, 6) is 1.81. The minimum Gasteiger partial charge on any atom is -0.497 e. The van der Waals surface area contributed by atoms with E-state index in [0.29, 0.717) is 37.2 Å². The Bertz CT molecular complexity index is 1290. The highest BCUT2D eigenvalue weighted by Gasteiger charge is 2.28.